The second-order valence-corrected chi connectivity index (χ2v) is 5.86. The van der Waals surface area contributed by atoms with Gasteiger partial charge in [0, 0.05) is 18.7 Å². The van der Waals surface area contributed by atoms with Gasteiger partial charge in [0.25, 0.3) is 0 Å². The van der Waals surface area contributed by atoms with E-state index in [1.165, 1.54) is 31.2 Å². The van der Waals surface area contributed by atoms with E-state index in [1.807, 2.05) is 25.1 Å². The van der Waals surface area contributed by atoms with E-state index in [9.17, 15) is 4.79 Å². The summed E-state index contributed by atoms with van der Waals surface area (Å²) in [6.07, 6.45) is 5.34. The Hall–Kier alpha value is -1.35. The van der Waals surface area contributed by atoms with Gasteiger partial charge >= 0.3 is 0 Å². The molecule has 3 heteroatoms. The summed E-state index contributed by atoms with van der Waals surface area (Å²) in [6.45, 7) is 6.27. The highest BCUT2D eigenvalue weighted by Crippen LogP contribution is 2.48. The summed E-state index contributed by atoms with van der Waals surface area (Å²) in [5, 5.41) is 3.56. The number of carbonyl (C=O) groups excluding carboxylic acids is 1. The molecule has 0 heterocycles. The highest BCUT2D eigenvalue weighted by molar-refractivity contribution is 5.93. The highest BCUT2D eigenvalue weighted by Gasteiger charge is 2.40. The molecule has 0 radical (unpaired) electrons. The molecule has 0 spiro atoms. The number of carbonyl (C=O) groups is 1. The summed E-state index contributed by atoms with van der Waals surface area (Å²) >= 11 is 0. The second-order valence-electron chi connectivity index (χ2n) is 5.86. The smallest absolute Gasteiger partial charge is 0.248 e. The third-order valence-electron chi connectivity index (χ3n) is 4.18. The van der Waals surface area contributed by atoms with Crippen LogP contribution in [0.2, 0.25) is 0 Å². The van der Waals surface area contributed by atoms with Crippen molar-refractivity contribution >= 4 is 5.91 Å². The molecular formula is C16H24N2O. The predicted molar refractivity (Wildman–Crippen MR) is 78.0 cm³/mol. The Morgan fingerprint density at radius 2 is 2.16 bits per heavy atom. The van der Waals surface area contributed by atoms with Crippen LogP contribution >= 0.6 is 0 Å². The summed E-state index contributed by atoms with van der Waals surface area (Å²) in [6, 6.07) is 5.69. The summed E-state index contributed by atoms with van der Waals surface area (Å²) < 4.78 is 0. The van der Waals surface area contributed by atoms with Crippen molar-refractivity contribution in [1.29, 1.82) is 0 Å². The number of nitrogens with one attached hydrogen (secondary N) is 1. The average Bonchev–Trinajstić information content (AvgIpc) is 3.11. The fraction of sp³-hybridized carbons (Fsp3) is 0.562. The van der Waals surface area contributed by atoms with Crippen molar-refractivity contribution < 1.29 is 4.79 Å². The number of benzene rings is 1. The Bertz CT molecular complexity index is 464. The van der Waals surface area contributed by atoms with Crippen LogP contribution in [0.25, 0.3) is 0 Å². The Labute approximate surface area is 115 Å². The molecule has 19 heavy (non-hydrogen) atoms. The topological polar surface area (TPSA) is 55.1 Å². The van der Waals surface area contributed by atoms with E-state index in [2.05, 4.69) is 12.2 Å². The number of nitrogens with two attached hydrogens (primary N) is 1. The fourth-order valence-electron chi connectivity index (χ4n) is 2.73. The van der Waals surface area contributed by atoms with E-state index in [0.717, 1.165) is 18.7 Å². The first-order valence-electron chi connectivity index (χ1n) is 7.16. The summed E-state index contributed by atoms with van der Waals surface area (Å²) in [7, 11) is 0. The molecule has 1 aliphatic rings. The molecule has 3 nitrogen and oxygen atoms in total. The number of rotatable bonds is 7. The number of amides is 1. The number of hydrogen-bond acceptors (Lipinski definition) is 2. The molecule has 1 aromatic carbocycles. The van der Waals surface area contributed by atoms with Crippen LogP contribution in [0.1, 0.15) is 54.1 Å². The Kier molecular flexibility index (Phi) is 4.25. The quantitative estimate of drug-likeness (QED) is 0.792. The predicted octanol–water partition coefficient (Wildman–Crippen LogP) is 2.76. The Morgan fingerprint density at radius 3 is 2.68 bits per heavy atom. The first-order valence-corrected chi connectivity index (χ1v) is 7.16. The molecule has 104 valence electrons. The summed E-state index contributed by atoms with van der Waals surface area (Å²) in [4.78, 5) is 11.1. The van der Waals surface area contributed by atoms with Crippen molar-refractivity contribution in [2.45, 2.75) is 46.1 Å². The largest absolute Gasteiger partial charge is 0.366 e. The van der Waals surface area contributed by atoms with Crippen LogP contribution in [-0.2, 0) is 6.54 Å². The van der Waals surface area contributed by atoms with Gasteiger partial charge in [-0.1, -0.05) is 19.4 Å². The van der Waals surface area contributed by atoms with Gasteiger partial charge in [0.2, 0.25) is 5.91 Å². The summed E-state index contributed by atoms with van der Waals surface area (Å²) in [5.41, 5.74) is 8.82. The van der Waals surface area contributed by atoms with E-state index >= 15 is 0 Å². The molecule has 2 rings (SSSR count). The van der Waals surface area contributed by atoms with Crippen molar-refractivity contribution in [3.63, 3.8) is 0 Å². The molecule has 3 N–H and O–H groups in total. The fourth-order valence-corrected chi connectivity index (χ4v) is 2.73. The van der Waals surface area contributed by atoms with Gasteiger partial charge in [-0.3, -0.25) is 4.79 Å². The van der Waals surface area contributed by atoms with Gasteiger partial charge < -0.3 is 11.1 Å². The zero-order valence-corrected chi connectivity index (χ0v) is 12.0. The lowest BCUT2D eigenvalue weighted by molar-refractivity contribution is 0.1000. The zero-order valence-electron chi connectivity index (χ0n) is 12.0. The molecule has 1 aromatic rings. The van der Waals surface area contributed by atoms with E-state index < -0.39 is 0 Å². The van der Waals surface area contributed by atoms with Gasteiger partial charge in [0.1, 0.15) is 0 Å². The number of aryl methyl sites for hydroxylation is 1. The molecule has 1 aliphatic carbocycles. The van der Waals surface area contributed by atoms with Crippen molar-refractivity contribution in [2.75, 3.05) is 6.54 Å². The van der Waals surface area contributed by atoms with Gasteiger partial charge in [0.05, 0.1) is 0 Å². The van der Waals surface area contributed by atoms with Gasteiger partial charge in [-0.2, -0.15) is 0 Å². The minimum absolute atomic E-state index is 0.359. The van der Waals surface area contributed by atoms with Crippen LogP contribution in [0.5, 0.6) is 0 Å². The van der Waals surface area contributed by atoms with Crippen LogP contribution in [0.3, 0.4) is 0 Å². The molecule has 0 aromatic heterocycles. The summed E-state index contributed by atoms with van der Waals surface area (Å²) in [5.74, 6) is -0.359. The highest BCUT2D eigenvalue weighted by atomic mass is 16.1. The average molecular weight is 260 g/mol. The molecule has 0 bridgehead atoms. The van der Waals surface area contributed by atoms with Gasteiger partial charge in [-0.25, -0.2) is 0 Å². The van der Waals surface area contributed by atoms with Crippen molar-refractivity contribution in [3.8, 4) is 0 Å². The lowest BCUT2D eigenvalue weighted by Gasteiger charge is -2.15. The van der Waals surface area contributed by atoms with Gasteiger partial charge in [0.15, 0.2) is 0 Å². The normalized spacial score (nSPS) is 16.3. The third-order valence-corrected chi connectivity index (χ3v) is 4.18. The van der Waals surface area contributed by atoms with E-state index in [4.69, 9.17) is 5.73 Å². The first kappa shape index (κ1) is 14.1. The number of hydrogen-bond donors (Lipinski definition) is 2. The minimum atomic E-state index is -0.359. The second kappa shape index (κ2) is 5.74. The molecule has 1 saturated carbocycles. The molecule has 1 amide bonds. The number of primary amides is 1. The SMILES string of the molecule is CCCC1(CNCc2ccc(C(N)=O)cc2C)CC1. The van der Waals surface area contributed by atoms with Crippen molar-refractivity contribution in [1.82, 2.24) is 5.32 Å². The molecule has 0 atom stereocenters. The first-order chi connectivity index (χ1) is 9.06. The maximum absolute atomic E-state index is 11.1. The van der Waals surface area contributed by atoms with Crippen LogP contribution in [0, 0.1) is 12.3 Å². The van der Waals surface area contributed by atoms with Crippen LogP contribution in [-0.4, -0.2) is 12.5 Å². The Morgan fingerprint density at radius 1 is 1.42 bits per heavy atom. The molecular weight excluding hydrogens is 236 g/mol. The maximum Gasteiger partial charge on any atom is 0.248 e. The Balaban J connectivity index is 1.88. The van der Waals surface area contributed by atoms with Crippen LogP contribution in [0.4, 0.5) is 0 Å². The minimum Gasteiger partial charge on any atom is -0.366 e. The van der Waals surface area contributed by atoms with E-state index in [-0.39, 0.29) is 5.91 Å². The maximum atomic E-state index is 11.1. The van der Waals surface area contributed by atoms with Crippen molar-refractivity contribution in [2.24, 2.45) is 11.1 Å². The standard InChI is InChI=1S/C16H24N2O/c1-3-6-16(7-8-16)11-18-10-14-5-4-13(15(17)19)9-12(14)2/h4-5,9,18H,3,6-8,10-11H2,1-2H3,(H2,17,19). The monoisotopic (exact) mass is 260 g/mol. The lowest BCUT2D eigenvalue weighted by atomic mass is 10.00. The van der Waals surface area contributed by atoms with E-state index in [0.29, 0.717) is 11.0 Å². The van der Waals surface area contributed by atoms with Gasteiger partial charge in [-0.05, 0) is 54.9 Å². The van der Waals surface area contributed by atoms with Crippen molar-refractivity contribution in [3.05, 3.63) is 34.9 Å². The molecule has 0 saturated heterocycles. The van der Waals surface area contributed by atoms with Crippen LogP contribution < -0.4 is 11.1 Å². The molecule has 0 unspecified atom stereocenters. The van der Waals surface area contributed by atoms with Crippen LogP contribution in [0.15, 0.2) is 18.2 Å². The molecule has 0 aliphatic heterocycles. The van der Waals surface area contributed by atoms with E-state index in [1.54, 1.807) is 0 Å². The zero-order chi connectivity index (χ0) is 13.9. The lowest BCUT2D eigenvalue weighted by Crippen LogP contribution is -2.24. The molecule has 1 fully saturated rings. The third kappa shape index (κ3) is 3.57. The van der Waals surface area contributed by atoms with Gasteiger partial charge in [-0.15, -0.1) is 0 Å².